The van der Waals surface area contributed by atoms with E-state index in [1.807, 2.05) is 42.6 Å². The fraction of sp³-hybridized carbons (Fsp3) is 0.0667. The van der Waals surface area contributed by atoms with Crippen LogP contribution in [0, 0.1) is 0 Å². The highest BCUT2D eigenvalue weighted by molar-refractivity contribution is 6.42. The quantitative estimate of drug-likeness (QED) is 0.688. The molecule has 0 fully saturated rings. The molecular weight excluding hydrogens is 279 g/mol. The Morgan fingerprint density at radius 3 is 2.63 bits per heavy atom. The average molecular weight is 291 g/mol. The Bertz CT molecular complexity index is 747. The zero-order chi connectivity index (χ0) is 13.4. The Morgan fingerprint density at radius 2 is 1.79 bits per heavy atom. The highest BCUT2D eigenvalue weighted by atomic mass is 35.5. The predicted molar refractivity (Wildman–Crippen MR) is 81.9 cm³/mol. The Hall–Kier alpha value is -1.64. The second-order valence-electron chi connectivity index (χ2n) is 4.44. The molecule has 0 bridgehead atoms. The number of fused-ring (bicyclic) bond motifs is 1. The SMILES string of the molecule is Nc1cccc2c1ccn2Cc1cccc(Cl)c1Cl. The molecule has 0 radical (unpaired) electrons. The van der Waals surface area contributed by atoms with Gasteiger partial charge in [0.25, 0.3) is 0 Å². The summed E-state index contributed by atoms with van der Waals surface area (Å²) in [7, 11) is 0. The first-order chi connectivity index (χ1) is 9.16. The van der Waals surface area contributed by atoms with E-state index in [1.165, 1.54) is 0 Å². The lowest BCUT2D eigenvalue weighted by atomic mass is 10.2. The van der Waals surface area contributed by atoms with Crippen molar-refractivity contribution in [1.82, 2.24) is 4.57 Å². The second kappa shape index (κ2) is 4.80. The molecule has 3 aromatic rings. The lowest BCUT2D eigenvalue weighted by Crippen LogP contribution is -1.99. The summed E-state index contributed by atoms with van der Waals surface area (Å²) in [5.41, 5.74) is 8.83. The maximum Gasteiger partial charge on any atom is 0.0642 e. The Balaban J connectivity index is 2.07. The molecule has 0 unspecified atom stereocenters. The van der Waals surface area contributed by atoms with E-state index in [2.05, 4.69) is 4.57 Å². The molecule has 3 rings (SSSR count). The zero-order valence-corrected chi connectivity index (χ0v) is 11.6. The van der Waals surface area contributed by atoms with Crippen LogP contribution in [0.5, 0.6) is 0 Å². The third-order valence-corrected chi connectivity index (χ3v) is 4.08. The van der Waals surface area contributed by atoms with Gasteiger partial charge in [-0.25, -0.2) is 0 Å². The van der Waals surface area contributed by atoms with Crippen molar-refractivity contribution in [2.24, 2.45) is 0 Å². The fourth-order valence-corrected chi connectivity index (χ4v) is 2.62. The smallest absolute Gasteiger partial charge is 0.0642 e. The first-order valence-electron chi connectivity index (χ1n) is 5.93. The minimum atomic E-state index is 0.579. The van der Waals surface area contributed by atoms with Gasteiger partial charge in [0.2, 0.25) is 0 Å². The molecule has 1 heterocycles. The van der Waals surface area contributed by atoms with Gasteiger partial charge in [-0.3, -0.25) is 0 Å². The van der Waals surface area contributed by atoms with Crippen LogP contribution in [0.3, 0.4) is 0 Å². The molecule has 4 heteroatoms. The van der Waals surface area contributed by atoms with Gasteiger partial charge >= 0.3 is 0 Å². The van der Waals surface area contributed by atoms with Crippen LogP contribution >= 0.6 is 23.2 Å². The molecular formula is C15H12Cl2N2. The minimum Gasteiger partial charge on any atom is -0.398 e. The van der Waals surface area contributed by atoms with Crippen molar-refractivity contribution in [1.29, 1.82) is 0 Å². The standard InChI is InChI=1S/C15H12Cl2N2/c16-12-4-1-3-10(15(12)17)9-19-8-7-11-13(18)5-2-6-14(11)19/h1-8H,9,18H2. The van der Waals surface area contributed by atoms with Crippen molar-refractivity contribution in [3.05, 3.63) is 64.3 Å². The van der Waals surface area contributed by atoms with Crippen molar-refractivity contribution in [2.45, 2.75) is 6.54 Å². The number of nitrogen functional groups attached to an aromatic ring is 1. The Morgan fingerprint density at radius 1 is 1.00 bits per heavy atom. The number of anilines is 1. The molecule has 2 N–H and O–H groups in total. The monoisotopic (exact) mass is 290 g/mol. The summed E-state index contributed by atoms with van der Waals surface area (Å²) in [6, 6.07) is 13.6. The first kappa shape index (κ1) is 12.4. The number of hydrogen-bond acceptors (Lipinski definition) is 1. The lowest BCUT2D eigenvalue weighted by molar-refractivity contribution is 0.837. The molecule has 0 saturated carbocycles. The summed E-state index contributed by atoms with van der Waals surface area (Å²) in [6.45, 7) is 0.673. The molecule has 96 valence electrons. The minimum absolute atomic E-state index is 0.579. The molecule has 0 spiro atoms. The van der Waals surface area contributed by atoms with Gasteiger partial charge in [-0.2, -0.15) is 0 Å². The normalized spacial score (nSPS) is 11.1. The summed E-state index contributed by atoms with van der Waals surface area (Å²) >= 11 is 12.3. The van der Waals surface area contributed by atoms with Crippen LogP contribution in [-0.2, 0) is 6.54 Å². The highest BCUT2D eigenvalue weighted by Gasteiger charge is 2.08. The molecule has 0 saturated heterocycles. The number of rotatable bonds is 2. The van der Waals surface area contributed by atoms with Crippen LogP contribution in [0.4, 0.5) is 5.69 Å². The van der Waals surface area contributed by atoms with Crippen molar-refractivity contribution in [2.75, 3.05) is 5.73 Å². The van der Waals surface area contributed by atoms with Gasteiger partial charge in [-0.05, 0) is 29.8 Å². The molecule has 2 nitrogen and oxygen atoms in total. The van der Waals surface area contributed by atoms with E-state index >= 15 is 0 Å². The van der Waals surface area contributed by atoms with Crippen LogP contribution in [0.1, 0.15) is 5.56 Å². The Kier molecular flexibility index (Phi) is 3.13. The van der Waals surface area contributed by atoms with Gasteiger partial charge in [-0.1, -0.05) is 41.4 Å². The summed E-state index contributed by atoms with van der Waals surface area (Å²) in [6.07, 6.45) is 2.01. The fourth-order valence-electron chi connectivity index (χ4n) is 2.24. The summed E-state index contributed by atoms with van der Waals surface area (Å²) in [4.78, 5) is 0. The van der Waals surface area contributed by atoms with Crippen molar-refractivity contribution in [3.63, 3.8) is 0 Å². The van der Waals surface area contributed by atoms with Crippen LogP contribution in [-0.4, -0.2) is 4.57 Å². The number of nitrogens with zero attached hydrogens (tertiary/aromatic N) is 1. The van der Waals surface area contributed by atoms with E-state index in [1.54, 1.807) is 6.07 Å². The van der Waals surface area contributed by atoms with Crippen LogP contribution in [0.15, 0.2) is 48.7 Å². The molecule has 1 aromatic heterocycles. The largest absolute Gasteiger partial charge is 0.398 e. The van der Waals surface area contributed by atoms with E-state index in [9.17, 15) is 0 Å². The lowest BCUT2D eigenvalue weighted by Gasteiger charge is -2.09. The van der Waals surface area contributed by atoms with E-state index in [-0.39, 0.29) is 0 Å². The van der Waals surface area contributed by atoms with Crippen molar-refractivity contribution < 1.29 is 0 Å². The maximum atomic E-state index is 6.22. The molecule has 0 aliphatic carbocycles. The molecule has 19 heavy (non-hydrogen) atoms. The molecule has 0 aliphatic heterocycles. The van der Waals surface area contributed by atoms with E-state index in [0.29, 0.717) is 16.6 Å². The van der Waals surface area contributed by atoms with Crippen LogP contribution in [0.25, 0.3) is 10.9 Å². The summed E-state index contributed by atoms with van der Waals surface area (Å²) < 4.78 is 2.11. The molecule has 2 aromatic carbocycles. The second-order valence-corrected chi connectivity index (χ2v) is 5.22. The predicted octanol–water partition coefficient (Wildman–Crippen LogP) is 4.58. The van der Waals surface area contributed by atoms with E-state index in [0.717, 1.165) is 22.2 Å². The average Bonchev–Trinajstić information content (AvgIpc) is 2.80. The molecule has 0 aliphatic rings. The van der Waals surface area contributed by atoms with Crippen molar-refractivity contribution in [3.8, 4) is 0 Å². The number of hydrogen-bond donors (Lipinski definition) is 1. The Labute approximate surface area is 121 Å². The van der Waals surface area contributed by atoms with E-state index < -0.39 is 0 Å². The molecule has 0 amide bonds. The van der Waals surface area contributed by atoms with Crippen LogP contribution < -0.4 is 5.73 Å². The first-order valence-corrected chi connectivity index (χ1v) is 6.68. The number of halogens is 2. The number of nitrogens with two attached hydrogens (primary N) is 1. The third-order valence-electron chi connectivity index (χ3n) is 3.22. The highest BCUT2D eigenvalue weighted by Crippen LogP contribution is 2.28. The number of benzene rings is 2. The van der Waals surface area contributed by atoms with Crippen LogP contribution in [0.2, 0.25) is 10.0 Å². The van der Waals surface area contributed by atoms with Crippen molar-refractivity contribution >= 4 is 39.8 Å². The van der Waals surface area contributed by atoms with E-state index in [4.69, 9.17) is 28.9 Å². The van der Waals surface area contributed by atoms with Gasteiger partial charge in [0.1, 0.15) is 0 Å². The zero-order valence-electron chi connectivity index (χ0n) is 10.1. The van der Waals surface area contributed by atoms with Gasteiger partial charge in [0, 0.05) is 23.8 Å². The summed E-state index contributed by atoms with van der Waals surface area (Å²) in [5.74, 6) is 0. The number of aromatic nitrogens is 1. The van der Waals surface area contributed by atoms with Gasteiger partial charge in [0.15, 0.2) is 0 Å². The topological polar surface area (TPSA) is 30.9 Å². The van der Waals surface area contributed by atoms with Gasteiger partial charge < -0.3 is 10.3 Å². The molecule has 0 atom stereocenters. The van der Waals surface area contributed by atoms with Gasteiger partial charge in [0.05, 0.1) is 15.6 Å². The third kappa shape index (κ3) is 2.18. The van der Waals surface area contributed by atoms with Gasteiger partial charge in [-0.15, -0.1) is 0 Å². The maximum absolute atomic E-state index is 6.22. The summed E-state index contributed by atoms with van der Waals surface area (Å²) in [5, 5.41) is 2.24.